The highest BCUT2D eigenvalue weighted by atomic mass is 28.4. The molecule has 14 nitrogen and oxygen atoms in total. The standard InChI is InChI=1S/C50H65N5O9Si/c1-14-25-55(47(59)62-48(2,3)4)45-41(60-28-30-21-17-15-18-22-30)36-33(44(51-45)54(10)11)26-32-27-34-38(53(8)9)40-37(46(52-63-40)61-29-31-23-19-16-20-24-31)43(58)50(34,42(57)35(32)39(36)56)64-65(12,13)49(5,6)7/h15-24,32,34,38,57H,14,25-29H2,1-13H3/t32-,34-,38-,50-/m0/s1. The molecule has 0 unspecified atom stereocenters. The van der Waals surface area contributed by atoms with Crippen LogP contribution in [0, 0.1) is 11.8 Å². The largest absolute Gasteiger partial charge is 0.508 e. The monoisotopic (exact) mass is 907 g/mol. The van der Waals surface area contributed by atoms with Gasteiger partial charge >= 0.3 is 6.09 Å². The number of ketones is 2. The molecule has 4 aromatic rings. The van der Waals surface area contributed by atoms with Gasteiger partial charge in [0.05, 0.1) is 11.6 Å². The lowest BCUT2D eigenvalue weighted by molar-refractivity contribution is -0.0480. The van der Waals surface area contributed by atoms with Crippen LogP contribution in [0.4, 0.5) is 16.4 Å². The number of carbonyl (C=O) groups excluding carboxylic acids is 3. The van der Waals surface area contributed by atoms with Crippen molar-refractivity contribution in [3.63, 3.8) is 0 Å². The smallest absolute Gasteiger partial charge is 0.416 e. The number of aromatic nitrogens is 2. The van der Waals surface area contributed by atoms with E-state index in [1.807, 2.05) is 119 Å². The van der Waals surface area contributed by atoms with Gasteiger partial charge < -0.3 is 33.2 Å². The van der Waals surface area contributed by atoms with Gasteiger partial charge in [0.15, 0.2) is 37.0 Å². The van der Waals surface area contributed by atoms with E-state index in [0.29, 0.717) is 23.6 Å². The number of anilines is 2. The second kappa shape index (κ2) is 17.7. The first-order chi connectivity index (χ1) is 30.5. The molecular weight excluding hydrogens is 843 g/mol. The molecule has 0 saturated heterocycles. The van der Waals surface area contributed by atoms with E-state index in [2.05, 4.69) is 25.9 Å². The van der Waals surface area contributed by atoms with E-state index in [0.717, 1.165) is 11.1 Å². The SMILES string of the molecule is CCCN(C(=O)OC(C)(C)C)c1nc(N(C)C)c2c(c1OCc1ccccc1)C(=O)C1=C(O)[C@]3(O[Si](C)(C)C(C)(C)C)C(=O)c4c(OCc5ccccc5)noc4[C@@H](N(C)C)[C@@H]3C[C@@H]1C2. The average molecular weight is 908 g/mol. The minimum Gasteiger partial charge on any atom is -0.508 e. The average Bonchev–Trinajstić information content (AvgIpc) is 3.65. The number of pyridine rings is 1. The highest BCUT2D eigenvalue weighted by molar-refractivity contribution is 6.74. The number of amides is 1. The van der Waals surface area contributed by atoms with Crippen LogP contribution in [-0.2, 0) is 28.8 Å². The van der Waals surface area contributed by atoms with Gasteiger partial charge in [0.25, 0.3) is 5.88 Å². The molecule has 4 atom stereocenters. The molecule has 15 heteroatoms. The lowest BCUT2D eigenvalue weighted by atomic mass is 9.58. The molecule has 65 heavy (non-hydrogen) atoms. The third-order valence-electron chi connectivity index (χ3n) is 13.1. The summed E-state index contributed by atoms with van der Waals surface area (Å²) in [6.45, 7) is 17.9. The first kappa shape index (κ1) is 47.4. The maximum atomic E-state index is 15.9. The number of hydrogen-bond acceptors (Lipinski definition) is 13. The van der Waals surface area contributed by atoms with Crippen molar-refractivity contribution in [2.75, 3.05) is 44.5 Å². The van der Waals surface area contributed by atoms with Gasteiger partial charge in [-0.3, -0.25) is 19.4 Å². The van der Waals surface area contributed by atoms with E-state index in [9.17, 15) is 9.90 Å². The predicted molar refractivity (Wildman–Crippen MR) is 252 cm³/mol. The Morgan fingerprint density at radius 1 is 0.892 bits per heavy atom. The molecule has 348 valence electrons. The summed E-state index contributed by atoms with van der Waals surface area (Å²) in [5.41, 5.74) is -0.283. The number of ether oxygens (including phenoxy) is 3. The maximum Gasteiger partial charge on any atom is 0.416 e. The van der Waals surface area contributed by atoms with Crippen LogP contribution in [0.2, 0.25) is 18.1 Å². The van der Waals surface area contributed by atoms with E-state index in [1.165, 1.54) is 4.90 Å². The van der Waals surface area contributed by atoms with Crippen molar-refractivity contribution >= 4 is 37.6 Å². The molecule has 3 aliphatic carbocycles. The lowest BCUT2D eigenvalue weighted by Gasteiger charge is -2.55. The summed E-state index contributed by atoms with van der Waals surface area (Å²) in [6.07, 6.45) is 0.423. The second-order valence-corrected chi connectivity index (χ2v) is 25.1. The van der Waals surface area contributed by atoms with Crippen molar-refractivity contribution in [2.45, 2.75) is 116 Å². The number of benzene rings is 2. The molecule has 0 fully saturated rings. The molecule has 2 aromatic carbocycles. The normalized spacial score (nSPS) is 20.7. The van der Waals surface area contributed by atoms with Gasteiger partial charge in [-0.1, -0.05) is 88.4 Å². The van der Waals surface area contributed by atoms with Gasteiger partial charge in [0.2, 0.25) is 5.78 Å². The molecule has 2 aromatic heterocycles. The molecule has 2 heterocycles. The molecule has 1 amide bonds. The van der Waals surface area contributed by atoms with Crippen LogP contribution in [0.3, 0.4) is 0 Å². The van der Waals surface area contributed by atoms with E-state index in [4.69, 9.17) is 28.1 Å². The third-order valence-corrected chi connectivity index (χ3v) is 17.5. The number of aliphatic hydroxyl groups excluding tert-OH is 1. The minimum absolute atomic E-state index is 0.0151. The molecular formula is C50H65N5O9Si. The molecule has 0 saturated carbocycles. The Bertz CT molecular complexity index is 2470. The zero-order chi connectivity index (χ0) is 47.4. The van der Waals surface area contributed by atoms with Gasteiger partial charge in [-0.25, -0.2) is 9.78 Å². The quantitative estimate of drug-likeness (QED) is 0.127. The second-order valence-electron chi connectivity index (χ2n) is 20.4. The number of aliphatic hydroxyl groups is 1. The van der Waals surface area contributed by atoms with Gasteiger partial charge in [0.1, 0.15) is 36.0 Å². The summed E-state index contributed by atoms with van der Waals surface area (Å²) >= 11 is 0. The van der Waals surface area contributed by atoms with Crippen LogP contribution in [0.5, 0.6) is 11.6 Å². The van der Waals surface area contributed by atoms with Crippen LogP contribution in [-0.4, -0.2) is 92.1 Å². The highest BCUT2D eigenvalue weighted by Crippen LogP contribution is 2.60. The van der Waals surface area contributed by atoms with Crippen LogP contribution in [0.1, 0.15) is 111 Å². The van der Waals surface area contributed by atoms with E-state index in [1.54, 1.807) is 20.8 Å². The summed E-state index contributed by atoms with van der Waals surface area (Å²) in [6, 6.07) is 18.4. The third kappa shape index (κ3) is 8.70. The topological polar surface area (TPSA) is 157 Å². The summed E-state index contributed by atoms with van der Waals surface area (Å²) in [5.74, 6) is -1.88. The van der Waals surface area contributed by atoms with E-state index >= 15 is 9.59 Å². The summed E-state index contributed by atoms with van der Waals surface area (Å²) < 4.78 is 32.4. The van der Waals surface area contributed by atoms with E-state index in [-0.39, 0.29) is 66.7 Å². The fourth-order valence-corrected chi connectivity index (χ4v) is 10.6. The van der Waals surface area contributed by atoms with Crippen molar-refractivity contribution < 1.29 is 42.6 Å². The van der Waals surface area contributed by atoms with Crippen LogP contribution in [0.25, 0.3) is 0 Å². The first-order valence-corrected chi connectivity index (χ1v) is 25.4. The van der Waals surface area contributed by atoms with Crippen LogP contribution in [0.15, 0.2) is 76.5 Å². The van der Waals surface area contributed by atoms with Crippen molar-refractivity contribution in [1.82, 2.24) is 15.0 Å². The van der Waals surface area contributed by atoms with Crippen molar-refractivity contribution in [3.05, 3.63) is 106 Å². The number of fused-ring (bicyclic) bond motifs is 4. The summed E-state index contributed by atoms with van der Waals surface area (Å²) in [4.78, 5) is 56.2. The van der Waals surface area contributed by atoms with Crippen molar-refractivity contribution in [3.8, 4) is 11.6 Å². The number of Topliss-reactive ketones (excluding diaryl/α,β-unsaturated/α-hetero) is 2. The van der Waals surface area contributed by atoms with Gasteiger partial charge in [-0.05, 0) is 94.5 Å². The fraction of sp³-hybridized carbons (Fsp3) is 0.500. The molecule has 0 aliphatic heterocycles. The Labute approximate surface area is 384 Å². The van der Waals surface area contributed by atoms with Gasteiger partial charge in [-0.15, -0.1) is 0 Å². The number of carbonyl (C=O) groups is 3. The molecule has 0 bridgehead atoms. The maximum absolute atomic E-state index is 15.9. The Morgan fingerprint density at radius 3 is 2.03 bits per heavy atom. The molecule has 3 aliphatic rings. The predicted octanol–water partition coefficient (Wildman–Crippen LogP) is 9.89. The van der Waals surface area contributed by atoms with Gasteiger partial charge in [-0.2, -0.15) is 0 Å². The summed E-state index contributed by atoms with van der Waals surface area (Å²) in [5, 5.41) is 17.2. The van der Waals surface area contributed by atoms with Crippen LogP contribution >= 0.6 is 0 Å². The Kier molecular flexibility index (Phi) is 12.9. The number of allylic oxidation sites excluding steroid dienone is 1. The molecule has 0 radical (unpaired) electrons. The Hall–Kier alpha value is -5.51. The fourth-order valence-electron chi connectivity index (χ4n) is 9.11. The van der Waals surface area contributed by atoms with Crippen LogP contribution < -0.4 is 19.3 Å². The van der Waals surface area contributed by atoms with Crippen molar-refractivity contribution in [1.29, 1.82) is 0 Å². The molecule has 1 N–H and O–H groups in total. The van der Waals surface area contributed by atoms with Gasteiger partial charge in [0, 0.05) is 37.7 Å². The zero-order valence-electron chi connectivity index (χ0n) is 40.2. The number of nitrogens with zero attached hydrogens (tertiary/aromatic N) is 5. The summed E-state index contributed by atoms with van der Waals surface area (Å²) in [7, 11) is 4.48. The highest BCUT2D eigenvalue weighted by Gasteiger charge is 2.67. The lowest BCUT2D eigenvalue weighted by Crippen LogP contribution is -2.65. The van der Waals surface area contributed by atoms with E-state index < -0.39 is 65.9 Å². The first-order valence-electron chi connectivity index (χ1n) is 22.5. The molecule has 0 spiro atoms. The Balaban J connectivity index is 1.49. The minimum atomic E-state index is -2.98. The Morgan fingerprint density at radius 2 is 1.49 bits per heavy atom. The zero-order valence-corrected chi connectivity index (χ0v) is 41.2. The van der Waals surface area contributed by atoms with Crippen molar-refractivity contribution in [2.24, 2.45) is 11.8 Å². The number of rotatable bonds is 13. The molecule has 7 rings (SSSR count). The number of hydrogen-bond donors (Lipinski definition) is 1.